The first kappa shape index (κ1) is 22.5. The molecule has 1 heterocycles. The summed E-state index contributed by atoms with van der Waals surface area (Å²) in [4.78, 5) is 25.6. The lowest BCUT2D eigenvalue weighted by Gasteiger charge is -2.34. The maximum atomic E-state index is 15.2. The van der Waals surface area contributed by atoms with E-state index in [0.29, 0.717) is 13.0 Å². The van der Waals surface area contributed by atoms with Crippen LogP contribution in [-0.2, 0) is 16.1 Å². The van der Waals surface area contributed by atoms with Crippen LogP contribution in [-0.4, -0.2) is 23.8 Å². The van der Waals surface area contributed by atoms with Crippen LogP contribution in [0.4, 0.5) is 33.3 Å². The summed E-state index contributed by atoms with van der Waals surface area (Å²) >= 11 is 0. The van der Waals surface area contributed by atoms with E-state index in [1.807, 2.05) is 0 Å². The highest BCUT2D eigenvalue weighted by Gasteiger charge is 2.36. The van der Waals surface area contributed by atoms with Gasteiger partial charge < -0.3 is 15.0 Å². The maximum absolute atomic E-state index is 15.2. The Bertz CT molecular complexity index is 1030. The molecule has 2 aromatic rings. The van der Waals surface area contributed by atoms with Crippen LogP contribution in [0, 0.1) is 24.4 Å². The van der Waals surface area contributed by atoms with Gasteiger partial charge in [0.15, 0.2) is 17.7 Å². The number of nitrogens with zero attached hydrogens (tertiary/aromatic N) is 1. The number of aryl methyl sites for hydroxylation is 1. The molecule has 1 unspecified atom stereocenters. The molecule has 0 saturated carbocycles. The zero-order chi connectivity index (χ0) is 23.1. The van der Waals surface area contributed by atoms with E-state index >= 15 is 4.39 Å². The third kappa shape index (κ3) is 4.95. The molecule has 1 aliphatic rings. The van der Waals surface area contributed by atoms with Gasteiger partial charge in [-0.15, -0.1) is 0 Å². The lowest BCUT2D eigenvalue weighted by Crippen LogP contribution is -2.44. The predicted octanol–water partition coefficient (Wildman–Crippen LogP) is 4.71. The van der Waals surface area contributed by atoms with Crippen molar-refractivity contribution >= 4 is 23.2 Å². The summed E-state index contributed by atoms with van der Waals surface area (Å²) in [5.41, 5.74) is -0.0928. The molecule has 0 fully saturated rings. The Hall–Kier alpha value is -3.17. The number of rotatable bonds is 5. The molecule has 3 rings (SSSR count). The Morgan fingerprint density at radius 1 is 1.16 bits per heavy atom. The van der Waals surface area contributed by atoms with Crippen molar-refractivity contribution < 1.29 is 36.3 Å². The molecule has 1 atom stereocenters. The number of fused-ring (bicyclic) bond motifs is 1. The highest BCUT2D eigenvalue weighted by atomic mass is 19.3. The first-order valence-electron chi connectivity index (χ1n) is 9.29. The monoisotopic (exact) mass is 442 g/mol. The van der Waals surface area contributed by atoms with Gasteiger partial charge in [-0.1, -0.05) is 0 Å². The van der Waals surface area contributed by atoms with Crippen molar-refractivity contribution in [2.45, 2.75) is 45.8 Å². The minimum atomic E-state index is -3.28. The van der Waals surface area contributed by atoms with Crippen LogP contribution in [0.5, 0.6) is 5.75 Å². The molecule has 2 aromatic carbocycles. The number of halogens is 5. The summed E-state index contributed by atoms with van der Waals surface area (Å²) in [6.07, 6.45) is -2.28. The normalized spacial score (nSPS) is 16.1. The van der Waals surface area contributed by atoms with E-state index in [2.05, 4.69) is 5.32 Å². The molecule has 10 heteroatoms. The standard InChI is InChI=1S/C21H19F5N2O3/c1-10-4-15-19(17(24)18(10)27-16(29)8-21(3,25)26)31-11(2)20(30)28(15)9-12-5-13(22)7-14(23)6-12/h4-7,11H,8-9H2,1-3H3,(H,27,29). The number of anilines is 2. The maximum Gasteiger partial charge on any atom is 0.268 e. The van der Waals surface area contributed by atoms with Gasteiger partial charge in [0.05, 0.1) is 24.3 Å². The Morgan fingerprint density at radius 2 is 1.77 bits per heavy atom. The molecule has 0 aromatic heterocycles. The smallest absolute Gasteiger partial charge is 0.268 e. The average molecular weight is 442 g/mol. The summed E-state index contributed by atoms with van der Waals surface area (Å²) in [5, 5.41) is 2.11. The molecule has 5 nitrogen and oxygen atoms in total. The Labute approximate surface area is 174 Å². The van der Waals surface area contributed by atoms with Crippen molar-refractivity contribution in [1.82, 2.24) is 0 Å². The number of carbonyl (C=O) groups excluding carboxylic acids is 2. The Kier molecular flexibility index (Phi) is 5.93. The van der Waals surface area contributed by atoms with Crippen molar-refractivity contribution in [1.29, 1.82) is 0 Å². The van der Waals surface area contributed by atoms with E-state index in [4.69, 9.17) is 4.74 Å². The molecule has 1 N–H and O–H groups in total. The van der Waals surface area contributed by atoms with Crippen molar-refractivity contribution in [2.75, 3.05) is 10.2 Å². The minimum Gasteiger partial charge on any atom is -0.476 e. The number of benzene rings is 2. The zero-order valence-electron chi connectivity index (χ0n) is 16.9. The second-order valence-electron chi connectivity index (χ2n) is 7.49. The topological polar surface area (TPSA) is 58.6 Å². The quantitative estimate of drug-likeness (QED) is 0.683. The van der Waals surface area contributed by atoms with Crippen LogP contribution in [0.1, 0.15) is 31.4 Å². The number of carbonyl (C=O) groups is 2. The molecule has 0 radical (unpaired) electrons. The summed E-state index contributed by atoms with van der Waals surface area (Å²) in [6, 6.07) is 4.09. The summed E-state index contributed by atoms with van der Waals surface area (Å²) in [7, 11) is 0. The largest absolute Gasteiger partial charge is 0.476 e. The van der Waals surface area contributed by atoms with Gasteiger partial charge in [0.25, 0.3) is 11.8 Å². The van der Waals surface area contributed by atoms with Crippen LogP contribution in [0.15, 0.2) is 24.3 Å². The van der Waals surface area contributed by atoms with E-state index in [1.54, 1.807) is 0 Å². The Morgan fingerprint density at radius 3 is 2.35 bits per heavy atom. The molecular weight excluding hydrogens is 423 g/mol. The van der Waals surface area contributed by atoms with Crippen LogP contribution in [0.3, 0.4) is 0 Å². The van der Waals surface area contributed by atoms with Gasteiger partial charge in [0.2, 0.25) is 5.91 Å². The molecule has 0 spiro atoms. The fraction of sp³-hybridized carbons (Fsp3) is 0.333. The number of alkyl halides is 2. The molecule has 0 aliphatic carbocycles. The van der Waals surface area contributed by atoms with Crippen molar-refractivity contribution in [3.8, 4) is 5.75 Å². The summed E-state index contributed by atoms with van der Waals surface area (Å²) < 4.78 is 73.8. The highest BCUT2D eigenvalue weighted by molar-refractivity contribution is 6.01. The van der Waals surface area contributed by atoms with Gasteiger partial charge in [-0.05, 0) is 50.1 Å². The average Bonchev–Trinajstić information content (AvgIpc) is 2.61. The van der Waals surface area contributed by atoms with Crippen molar-refractivity contribution in [2.24, 2.45) is 0 Å². The lowest BCUT2D eigenvalue weighted by atomic mass is 10.1. The van der Waals surface area contributed by atoms with Crippen LogP contribution < -0.4 is 15.0 Å². The number of hydrogen-bond acceptors (Lipinski definition) is 3. The van der Waals surface area contributed by atoms with Crippen molar-refractivity contribution in [3.63, 3.8) is 0 Å². The van der Waals surface area contributed by atoms with Gasteiger partial charge in [-0.25, -0.2) is 22.0 Å². The van der Waals surface area contributed by atoms with E-state index in [9.17, 15) is 27.2 Å². The van der Waals surface area contributed by atoms with Gasteiger partial charge in [-0.3, -0.25) is 9.59 Å². The molecule has 31 heavy (non-hydrogen) atoms. The van der Waals surface area contributed by atoms with E-state index in [-0.39, 0.29) is 34.8 Å². The first-order valence-corrected chi connectivity index (χ1v) is 9.29. The van der Waals surface area contributed by atoms with Gasteiger partial charge >= 0.3 is 0 Å². The number of hydrogen-bond donors (Lipinski definition) is 1. The molecule has 166 valence electrons. The third-order valence-corrected chi connectivity index (χ3v) is 4.60. The van der Waals surface area contributed by atoms with Crippen LogP contribution in [0.2, 0.25) is 0 Å². The van der Waals surface area contributed by atoms with Crippen molar-refractivity contribution in [3.05, 3.63) is 52.8 Å². The zero-order valence-corrected chi connectivity index (χ0v) is 16.9. The summed E-state index contributed by atoms with van der Waals surface area (Å²) in [5.74, 6) is -8.04. The van der Waals surface area contributed by atoms with Gasteiger partial charge in [-0.2, -0.15) is 0 Å². The number of nitrogens with one attached hydrogen (secondary N) is 1. The first-order chi connectivity index (χ1) is 14.4. The van der Waals surface area contributed by atoms with Gasteiger partial charge in [0, 0.05) is 6.07 Å². The predicted molar refractivity (Wildman–Crippen MR) is 103 cm³/mol. The lowest BCUT2D eigenvalue weighted by molar-refractivity contribution is -0.126. The Balaban J connectivity index is 2.00. The van der Waals surface area contributed by atoms with Gasteiger partial charge in [0.1, 0.15) is 11.6 Å². The van der Waals surface area contributed by atoms with E-state index < -0.39 is 47.7 Å². The SMILES string of the molecule is Cc1cc2c(c(F)c1NC(=O)CC(C)(F)F)OC(C)C(=O)N2Cc1cc(F)cc(F)c1. The second-order valence-corrected chi connectivity index (χ2v) is 7.49. The molecule has 0 bridgehead atoms. The fourth-order valence-electron chi connectivity index (χ4n) is 3.29. The molecular formula is C21H19F5N2O3. The number of amides is 2. The minimum absolute atomic E-state index is 0.0124. The molecule has 1 aliphatic heterocycles. The van der Waals surface area contributed by atoms with Crippen LogP contribution >= 0.6 is 0 Å². The third-order valence-electron chi connectivity index (χ3n) is 4.60. The summed E-state index contributed by atoms with van der Waals surface area (Å²) in [6.45, 7) is 3.07. The second kappa shape index (κ2) is 8.16. The van der Waals surface area contributed by atoms with E-state index in [1.165, 1.54) is 19.9 Å². The molecule has 2 amide bonds. The fourth-order valence-corrected chi connectivity index (χ4v) is 3.29. The van der Waals surface area contributed by atoms with E-state index in [0.717, 1.165) is 17.0 Å². The number of ether oxygens (including phenoxy) is 1. The van der Waals surface area contributed by atoms with Crippen LogP contribution in [0.25, 0.3) is 0 Å². The molecule has 0 saturated heterocycles. The highest BCUT2D eigenvalue weighted by Crippen LogP contribution is 2.42.